The van der Waals surface area contributed by atoms with Gasteiger partial charge in [0.1, 0.15) is 5.75 Å². The van der Waals surface area contributed by atoms with Crippen molar-refractivity contribution in [3.05, 3.63) is 24.3 Å². The minimum atomic E-state index is 0.223. The molecule has 90 valence electrons. The molecule has 0 amide bonds. The first-order valence-corrected chi connectivity index (χ1v) is 5.65. The Morgan fingerprint density at radius 1 is 1.25 bits per heavy atom. The van der Waals surface area contributed by atoms with Crippen LogP contribution in [-0.4, -0.2) is 26.7 Å². The third-order valence-corrected chi connectivity index (χ3v) is 2.97. The van der Waals surface area contributed by atoms with Gasteiger partial charge in [0.05, 0.1) is 7.11 Å². The van der Waals surface area contributed by atoms with Crippen molar-refractivity contribution >= 4 is 5.69 Å². The van der Waals surface area contributed by atoms with Gasteiger partial charge in [-0.1, -0.05) is 6.92 Å². The van der Waals surface area contributed by atoms with Crippen molar-refractivity contribution in [1.29, 1.82) is 0 Å². The molecular weight excluding hydrogens is 200 g/mol. The first kappa shape index (κ1) is 12.8. The number of nitrogens with two attached hydrogens (primary N) is 1. The van der Waals surface area contributed by atoms with E-state index in [1.54, 1.807) is 7.11 Å². The summed E-state index contributed by atoms with van der Waals surface area (Å²) in [5, 5.41) is 0. The van der Waals surface area contributed by atoms with Crippen LogP contribution in [0.2, 0.25) is 0 Å². The van der Waals surface area contributed by atoms with E-state index in [-0.39, 0.29) is 6.04 Å². The Morgan fingerprint density at radius 2 is 1.81 bits per heavy atom. The Kier molecular flexibility index (Phi) is 4.62. The summed E-state index contributed by atoms with van der Waals surface area (Å²) in [5.41, 5.74) is 7.05. The van der Waals surface area contributed by atoms with Crippen molar-refractivity contribution in [2.24, 2.45) is 11.7 Å². The fourth-order valence-electron chi connectivity index (χ4n) is 1.54. The van der Waals surface area contributed by atoms with Crippen LogP contribution in [0.25, 0.3) is 0 Å². The molecule has 0 aromatic heterocycles. The topological polar surface area (TPSA) is 38.5 Å². The lowest BCUT2D eigenvalue weighted by atomic mass is 10.0. The van der Waals surface area contributed by atoms with Gasteiger partial charge in [0.15, 0.2) is 0 Å². The molecule has 0 saturated carbocycles. The lowest BCUT2D eigenvalue weighted by Crippen LogP contribution is -2.34. The molecule has 2 N–H and O–H groups in total. The van der Waals surface area contributed by atoms with Crippen LogP contribution in [0.4, 0.5) is 5.69 Å². The number of methoxy groups -OCH3 is 1. The molecule has 2 unspecified atom stereocenters. The van der Waals surface area contributed by atoms with Gasteiger partial charge in [-0.25, -0.2) is 0 Å². The fraction of sp³-hybridized carbons (Fsp3) is 0.538. The molecule has 16 heavy (non-hydrogen) atoms. The van der Waals surface area contributed by atoms with Crippen LogP contribution in [-0.2, 0) is 0 Å². The van der Waals surface area contributed by atoms with Gasteiger partial charge in [-0.05, 0) is 37.1 Å². The Morgan fingerprint density at radius 3 is 2.25 bits per heavy atom. The van der Waals surface area contributed by atoms with Gasteiger partial charge in [-0.3, -0.25) is 0 Å². The highest BCUT2D eigenvalue weighted by Gasteiger charge is 2.10. The van der Waals surface area contributed by atoms with Gasteiger partial charge in [0.2, 0.25) is 0 Å². The average Bonchev–Trinajstić information content (AvgIpc) is 2.28. The van der Waals surface area contributed by atoms with Crippen molar-refractivity contribution < 1.29 is 4.74 Å². The Labute approximate surface area is 98.2 Å². The van der Waals surface area contributed by atoms with Crippen LogP contribution in [0, 0.1) is 5.92 Å². The van der Waals surface area contributed by atoms with Crippen LogP contribution in [0.3, 0.4) is 0 Å². The van der Waals surface area contributed by atoms with Gasteiger partial charge in [-0.15, -0.1) is 0 Å². The summed E-state index contributed by atoms with van der Waals surface area (Å²) in [4.78, 5) is 2.22. The van der Waals surface area contributed by atoms with Gasteiger partial charge in [0.25, 0.3) is 0 Å². The average molecular weight is 222 g/mol. The van der Waals surface area contributed by atoms with Crippen LogP contribution in [0.15, 0.2) is 24.3 Å². The molecule has 1 aromatic carbocycles. The highest BCUT2D eigenvalue weighted by molar-refractivity contribution is 5.48. The molecule has 0 aliphatic heterocycles. The van der Waals surface area contributed by atoms with E-state index in [9.17, 15) is 0 Å². The minimum Gasteiger partial charge on any atom is -0.497 e. The molecule has 0 spiro atoms. The van der Waals surface area contributed by atoms with Crippen LogP contribution < -0.4 is 15.4 Å². The Bertz CT molecular complexity index is 308. The molecule has 0 fully saturated rings. The molecule has 1 aromatic rings. The van der Waals surface area contributed by atoms with Crippen molar-refractivity contribution in [3.63, 3.8) is 0 Å². The fourth-order valence-corrected chi connectivity index (χ4v) is 1.54. The predicted molar refractivity (Wildman–Crippen MR) is 69.1 cm³/mol. The second kappa shape index (κ2) is 5.75. The van der Waals surface area contributed by atoms with Gasteiger partial charge in [0, 0.05) is 25.3 Å². The maximum absolute atomic E-state index is 5.86. The molecule has 0 saturated heterocycles. The monoisotopic (exact) mass is 222 g/mol. The molecule has 0 aliphatic carbocycles. The number of benzene rings is 1. The Hall–Kier alpha value is -1.22. The van der Waals surface area contributed by atoms with Gasteiger partial charge < -0.3 is 15.4 Å². The first-order valence-electron chi connectivity index (χ1n) is 5.65. The third-order valence-electron chi connectivity index (χ3n) is 2.97. The number of anilines is 1. The zero-order valence-electron chi connectivity index (χ0n) is 10.6. The number of rotatable bonds is 5. The maximum Gasteiger partial charge on any atom is 0.119 e. The van der Waals surface area contributed by atoms with E-state index in [0.29, 0.717) is 5.92 Å². The molecule has 0 radical (unpaired) electrons. The molecule has 3 nitrogen and oxygen atoms in total. The number of nitrogens with zero attached hydrogens (tertiary/aromatic N) is 1. The normalized spacial score (nSPS) is 14.3. The molecule has 0 aliphatic rings. The lowest BCUT2D eigenvalue weighted by Gasteiger charge is -2.25. The smallest absolute Gasteiger partial charge is 0.119 e. The summed E-state index contributed by atoms with van der Waals surface area (Å²) in [7, 11) is 3.76. The minimum absolute atomic E-state index is 0.223. The summed E-state index contributed by atoms with van der Waals surface area (Å²) < 4.78 is 5.13. The van der Waals surface area contributed by atoms with E-state index in [2.05, 4.69) is 31.0 Å². The van der Waals surface area contributed by atoms with Crippen molar-refractivity contribution in [3.8, 4) is 5.75 Å². The van der Waals surface area contributed by atoms with E-state index < -0.39 is 0 Å². The molecular formula is C13H22N2O. The summed E-state index contributed by atoms with van der Waals surface area (Å²) >= 11 is 0. The van der Waals surface area contributed by atoms with Crippen molar-refractivity contribution in [2.45, 2.75) is 19.9 Å². The van der Waals surface area contributed by atoms with Crippen LogP contribution >= 0.6 is 0 Å². The summed E-state index contributed by atoms with van der Waals surface area (Å²) in [6.45, 7) is 5.18. The van der Waals surface area contributed by atoms with E-state index in [1.807, 2.05) is 19.1 Å². The molecule has 3 heteroatoms. The van der Waals surface area contributed by atoms with E-state index in [0.717, 1.165) is 12.3 Å². The number of hydrogen-bond donors (Lipinski definition) is 1. The molecule has 0 heterocycles. The third kappa shape index (κ3) is 3.42. The standard InChI is InChI=1S/C13H22N2O/c1-10(11(2)14)9-15(3)12-5-7-13(16-4)8-6-12/h5-8,10-11H,9,14H2,1-4H3. The highest BCUT2D eigenvalue weighted by atomic mass is 16.5. The zero-order valence-corrected chi connectivity index (χ0v) is 10.6. The van der Waals surface area contributed by atoms with E-state index >= 15 is 0 Å². The first-order chi connectivity index (χ1) is 7.54. The molecule has 1 rings (SSSR count). The molecule has 2 atom stereocenters. The van der Waals surface area contributed by atoms with Gasteiger partial charge >= 0.3 is 0 Å². The SMILES string of the molecule is COc1ccc(N(C)CC(C)C(C)N)cc1. The number of hydrogen-bond acceptors (Lipinski definition) is 3. The Balaban J connectivity index is 2.62. The predicted octanol–water partition coefficient (Wildman–Crippen LogP) is 2.11. The second-order valence-corrected chi connectivity index (χ2v) is 4.41. The second-order valence-electron chi connectivity index (χ2n) is 4.41. The zero-order chi connectivity index (χ0) is 12.1. The van der Waals surface area contributed by atoms with Crippen molar-refractivity contribution in [1.82, 2.24) is 0 Å². The summed E-state index contributed by atoms with van der Waals surface area (Å²) in [5.74, 6) is 1.37. The van der Waals surface area contributed by atoms with Crippen LogP contribution in [0.1, 0.15) is 13.8 Å². The van der Waals surface area contributed by atoms with Gasteiger partial charge in [-0.2, -0.15) is 0 Å². The number of ether oxygens (including phenoxy) is 1. The maximum atomic E-state index is 5.86. The van der Waals surface area contributed by atoms with E-state index in [4.69, 9.17) is 10.5 Å². The summed E-state index contributed by atoms with van der Waals surface area (Å²) in [6, 6.07) is 8.30. The highest BCUT2D eigenvalue weighted by Crippen LogP contribution is 2.19. The largest absolute Gasteiger partial charge is 0.497 e. The van der Waals surface area contributed by atoms with Crippen molar-refractivity contribution in [2.75, 3.05) is 25.6 Å². The molecule has 0 bridgehead atoms. The lowest BCUT2D eigenvalue weighted by molar-refractivity contribution is 0.414. The van der Waals surface area contributed by atoms with E-state index in [1.165, 1.54) is 5.69 Å². The van der Waals surface area contributed by atoms with Crippen LogP contribution in [0.5, 0.6) is 5.75 Å². The quantitative estimate of drug-likeness (QED) is 0.829. The summed E-state index contributed by atoms with van der Waals surface area (Å²) in [6.07, 6.45) is 0.